The maximum atomic E-state index is 15.3. The van der Waals surface area contributed by atoms with Crippen LogP contribution in [0.25, 0.3) is 0 Å². The van der Waals surface area contributed by atoms with Gasteiger partial charge < -0.3 is 0 Å². The molecule has 0 aliphatic carbocycles. The van der Waals surface area contributed by atoms with E-state index in [0.717, 1.165) is 32.0 Å². The van der Waals surface area contributed by atoms with Crippen molar-refractivity contribution in [3.63, 3.8) is 0 Å². The standard InChI is InChI=1S/C15H31FN2O10S4/c1-12(2,13(3,4)31(23,24)25)29(19,20)17-8-10-18(11-9-17)30(21,22)15(7,16)14(5,6)32(26,27)28/h8-11H2,1-7H3,(H,23,24,25)(H,26,27,28). The minimum atomic E-state index is -5.13. The molecule has 12 nitrogen and oxygen atoms in total. The Morgan fingerprint density at radius 2 is 0.844 bits per heavy atom. The molecule has 1 aliphatic rings. The quantitative estimate of drug-likeness (QED) is 0.395. The summed E-state index contributed by atoms with van der Waals surface area (Å²) < 4.78 is 127. The zero-order valence-corrected chi connectivity index (χ0v) is 22.2. The van der Waals surface area contributed by atoms with Crippen molar-refractivity contribution in [3.8, 4) is 0 Å². The molecule has 192 valence electrons. The first-order valence-electron chi connectivity index (χ1n) is 9.33. The lowest BCUT2D eigenvalue weighted by molar-refractivity contribution is 0.195. The van der Waals surface area contributed by atoms with Gasteiger partial charge in [-0.2, -0.15) is 25.4 Å². The van der Waals surface area contributed by atoms with E-state index < -0.39 is 85.7 Å². The van der Waals surface area contributed by atoms with Crippen LogP contribution in [0, 0.1) is 0 Å². The average molecular weight is 547 g/mol. The molecule has 1 heterocycles. The number of rotatable bonds is 8. The Bertz CT molecular complexity index is 1070. The van der Waals surface area contributed by atoms with Gasteiger partial charge in [0.2, 0.25) is 15.0 Å². The van der Waals surface area contributed by atoms with Gasteiger partial charge >= 0.3 is 0 Å². The molecule has 0 aromatic carbocycles. The highest BCUT2D eigenvalue weighted by molar-refractivity contribution is 7.94. The maximum absolute atomic E-state index is 15.3. The third-order valence-electron chi connectivity index (χ3n) is 6.82. The van der Waals surface area contributed by atoms with Crippen molar-refractivity contribution in [2.75, 3.05) is 26.2 Å². The summed E-state index contributed by atoms with van der Waals surface area (Å²) in [5.74, 6) is 0. The lowest BCUT2D eigenvalue weighted by Crippen LogP contribution is -2.64. The second kappa shape index (κ2) is 8.07. The summed E-state index contributed by atoms with van der Waals surface area (Å²) in [6.07, 6.45) is 0. The van der Waals surface area contributed by atoms with Gasteiger partial charge in [-0.25, -0.2) is 21.2 Å². The van der Waals surface area contributed by atoms with Crippen LogP contribution in [0.5, 0.6) is 0 Å². The van der Waals surface area contributed by atoms with Gasteiger partial charge in [-0.3, -0.25) is 9.11 Å². The largest absolute Gasteiger partial charge is 0.285 e. The smallest absolute Gasteiger partial charge is 0.274 e. The third kappa shape index (κ3) is 4.23. The Morgan fingerprint density at radius 3 is 1.12 bits per heavy atom. The third-order valence-corrected chi connectivity index (χ3v) is 15.9. The van der Waals surface area contributed by atoms with Crippen LogP contribution >= 0.6 is 0 Å². The summed E-state index contributed by atoms with van der Waals surface area (Å²) in [5.41, 5.74) is 0. The molecular formula is C15H31FN2O10S4. The van der Waals surface area contributed by atoms with Crippen LogP contribution in [0.4, 0.5) is 4.39 Å². The Morgan fingerprint density at radius 1 is 0.562 bits per heavy atom. The molecule has 1 aliphatic heterocycles. The molecule has 1 rings (SSSR count). The van der Waals surface area contributed by atoms with E-state index in [1.807, 2.05) is 0 Å². The van der Waals surface area contributed by atoms with Crippen molar-refractivity contribution in [1.82, 2.24) is 8.61 Å². The zero-order chi connectivity index (χ0) is 26.0. The van der Waals surface area contributed by atoms with E-state index in [9.17, 15) is 42.8 Å². The maximum Gasteiger partial charge on any atom is 0.274 e. The monoisotopic (exact) mass is 546 g/mol. The predicted octanol–water partition coefficient (Wildman–Crippen LogP) is 0.0607. The van der Waals surface area contributed by atoms with Gasteiger partial charge in [0.05, 0.1) is 0 Å². The molecule has 17 heteroatoms. The lowest BCUT2D eigenvalue weighted by Gasteiger charge is -2.44. The van der Waals surface area contributed by atoms with E-state index >= 15 is 4.39 Å². The first-order valence-corrected chi connectivity index (χ1v) is 15.1. The first-order chi connectivity index (χ1) is 13.7. The van der Waals surface area contributed by atoms with Gasteiger partial charge in [-0.1, -0.05) is 0 Å². The number of nitrogens with zero attached hydrogens (tertiary/aromatic N) is 2. The number of hydrogen-bond donors (Lipinski definition) is 2. The summed E-state index contributed by atoms with van der Waals surface area (Å²) in [6, 6.07) is 0. The van der Waals surface area contributed by atoms with Crippen LogP contribution in [0.1, 0.15) is 48.5 Å². The van der Waals surface area contributed by atoms with E-state index in [0.29, 0.717) is 25.1 Å². The van der Waals surface area contributed by atoms with Crippen molar-refractivity contribution in [2.24, 2.45) is 0 Å². The van der Waals surface area contributed by atoms with Crippen LogP contribution < -0.4 is 0 Å². The molecule has 2 N–H and O–H groups in total. The van der Waals surface area contributed by atoms with E-state index in [1.165, 1.54) is 0 Å². The second-order valence-electron chi connectivity index (χ2n) is 9.21. The van der Waals surface area contributed by atoms with E-state index in [2.05, 4.69) is 0 Å². The SMILES string of the molecule is CC(C)(C(C)(C)S(=O)(=O)N1CCN(S(=O)(=O)C(C)(F)C(C)(C)S(=O)(=O)O)CC1)S(=O)(=O)O. The van der Waals surface area contributed by atoms with Crippen molar-refractivity contribution < 1.29 is 47.2 Å². The number of hydrogen-bond acceptors (Lipinski definition) is 8. The van der Waals surface area contributed by atoms with E-state index in [-0.39, 0.29) is 0 Å². The molecule has 0 radical (unpaired) electrons. The number of halogens is 1. The molecule has 0 aromatic heterocycles. The van der Waals surface area contributed by atoms with Crippen LogP contribution in [0.2, 0.25) is 0 Å². The average Bonchev–Trinajstić information content (AvgIpc) is 2.59. The molecule has 0 amide bonds. The van der Waals surface area contributed by atoms with E-state index in [1.54, 1.807) is 0 Å². The van der Waals surface area contributed by atoms with E-state index in [4.69, 9.17) is 0 Å². The van der Waals surface area contributed by atoms with Gasteiger partial charge in [-0.05, 0) is 48.5 Å². The number of alkyl halides is 1. The summed E-state index contributed by atoms with van der Waals surface area (Å²) in [6.45, 7) is 4.13. The van der Waals surface area contributed by atoms with Gasteiger partial charge in [-0.15, -0.1) is 0 Å². The number of sulfonamides is 2. The highest BCUT2D eigenvalue weighted by atomic mass is 32.2. The molecule has 0 saturated carbocycles. The lowest BCUT2D eigenvalue weighted by atomic mass is 9.98. The highest BCUT2D eigenvalue weighted by Crippen LogP contribution is 2.41. The van der Waals surface area contributed by atoms with Crippen molar-refractivity contribution >= 4 is 40.3 Å². The molecule has 0 bridgehead atoms. The Kier molecular flexibility index (Phi) is 7.46. The van der Waals surface area contributed by atoms with Crippen molar-refractivity contribution in [1.29, 1.82) is 0 Å². The molecule has 32 heavy (non-hydrogen) atoms. The first kappa shape index (κ1) is 29.6. The Balaban J connectivity index is 3.27. The molecule has 1 fully saturated rings. The van der Waals surface area contributed by atoms with Crippen LogP contribution in [-0.4, -0.2) is 96.8 Å². The fraction of sp³-hybridized carbons (Fsp3) is 1.00. The molecular weight excluding hydrogens is 515 g/mol. The molecule has 1 saturated heterocycles. The summed E-state index contributed by atoms with van der Waals surface area (Å²) in [5, 5.41) is -3.46. The van der Waals surface area contributed by atoms with Crippen LogP contribution in [0.15, 0.2) is 0 Å². The Labute approximate surface area is 189 Å². The van der Waals surface area contributed by atoms with Gasteiger partial charge in [0.1, 0.15) is 14.2 Å². The number of piperazine rings is 1. The van der Waals surface area contributed by atoms with Gasteiger partial charge in [0, 0.05) is 26.2 Å². The van der Waals surface area contributed by atoms with Gasteiger partial charge in [0.15, 0.2) is 0 Å². The topological polar surface area (TPSA) is 183 Å². The molecule has 0 spiro atoms. The van der Waals surface area contributed by atoms with Gasteiger partial charge in [0.25, 0.3) is 30.3 Å². The van der Waals surface area contributed by atoms with Crippen molar-refractivity contribution in [2.45, 2.75) is 67.7 Å². The minimum absolute atomic E-state index is 0.477. The second-order valence-corrected chi connectivity index (χ2v) is 17.9. The van der Waals surface area contributed by atoms with Crippen LogP contribution in [0.3, 0.4) is 0 Å². The fourth-order valence-electron chi connectivity index (χ4n) is 2.88. The molecule has 1 atom stereocenters. The summed E-state index contributed by atoms with van der Waals surface area (Å²) in [7, 11) is -19.3. The summed E-state index contributed by atoms with van der Waals surface area (Å²) >= 11 is 0. The minimum Gasteiger partial charge on any atom is -0.285 e. The van der Waals surface area contributed by atoms with Crippen molar-refractivity contribution in [3.05, 3.63) is 0 Å². The zero-order valence-electron chi connectivity index (χ0n) is 18.9. The highest BCUT2D eigenvalue weighted by Gasteiger charge is 2.62. The van der Waals surface area contributed by atoms with Crippen LogP contribution in [-0.2, 0) is 40.3 Å². The fourth-order valence-corrected chi connectivity index (χ4v) is 8.88. The molecule has 0 aromatic rings. The summed E-state index contributed by atoms with van der Waals surface area (Å²) in [4.78, 5) is 0. The Hall–Kier alpha value is -0.430. The molecule has 1 unspecified atom stereocenters. The normalized spacial score (nSPS) is 21.3. The predicted molar refractivity (Wildman–Crippen MR) is 116 cm³/mol.